The summed E-state index contributed by atoms with van der Waals surface area (Å²) in [7, 11) is -1.16. The van der Waals surface area contributed by atoms with Crippen LogP contribution in [0.5, 0.6) is 0 Å². The Morgan fingerprint density at radius 1 is 1.31 bits per heavy atom. The first-order valence-corrected chi connectivity index (χ1v) is 7.94. The van der Waals surface area contributed by atoms with Crippen LogP contribution in [0.4, 0.5) is 0 Å². The molecule has 74 valence electrons. The molecule has 2 aliphatic rings. The zero-order valence-electron chi connectivity index (χ0n) is 7.83. The van der Waals surface area contributed by atoms with E-state index in [9.17, 15) is 4.79 Å². The Balaban J connectivity index is 2.09. The normalized spacial score (nSPS) is 37.0. The van der Waals surface area contributed by atoms with Crippen LogP contribution in [0.15, 0.2) is 0 Å². The van der Waals surface area contributed by atoms with Crippen LogP contribution in [-0.4, -0.2) is 25.2 Å². The van der Waals surface area contributed by atoms with Crippen LogP contribution in [0.25, 0.3) is 0 Å². The van der Waals surface area contributed by atoms with Gasteiger partial charge in [-0.15, -0.1) is 0 Å². The van der Waals surface area contributed by atoms with Crippen molar-refractivity contribution in [3.8, 4) is 0 Å². The SMILES string of the molecule is N[C@H]1C[Si]2(CCCC2)C[C@@H]1C(=O)O. The highest BCUT2D eigenvalue weighted by Crippen LogP contribution is 2.45. The average molecular weight is 199 g/mol. The summed E-state index contributed by atoms with van der Waals surface area (Å²) in [6, 6.07) is 4.67. The number of carboxylic acid groups (broad SMARTS) is 1. The molecule has 13 heavy (non-hydrogen) atoms. The van der Waals surface area contributed by atoms with Crippen LogP contribution in [-0.2, 0) is 4.79 Å². The first-order chi connectivity index (χ1) is 6.13. The number of hydrogen-bond donors (Lipinski definition) is 2. The molecule has 0 aromatic heterocycles. The second-order valence-corrected chi connectivity index (χ2v) is 9.54. The third kappa shape index (κ3) is 1.53. The van der Waals surface area contributed by atoms with Gasteiger partial charge in [-0.2, -0.15) is 0 Å². The predicted octanol–water partition coefficient (Wildman–Crippen LogP) is 1.27. The van der Waals surface area contributed by atoms with E-state index in [4.69, 9.17) is 10.8 Å². The van der Waals surface area contributed by atoms with Gasteiger partial charge < -0.3 is 10.8 Å². The summed E-state index contributed by atoms with van der Waals surface area (Å²) in [6.45, 7) is 0. The van der Waals surface area contributed by atoms with Crippen molar-refractivity contribution in [1.82, 2.24) is 0 Å². The molecule has 0 unspecified atom stereocenters. The van der Waals surface area contributed by atoms with Crippen molar-refractivity contribution in [2.75, 3.05) is 0 Å². The Kier molecular flexibility index (Phi) is 2.19. The van der Waals surface area contributed by atoms with Gasteiger partial charge in [0.25, 0.3) is 0 Å². The fourth-order valence-electron chi connectivity index (χ4n) is 3.15. The predicted molar refractivity (Wildman–Crippen MR) is 53.3 cm³/mol. The van der Waals surface area contributed by atoms with Gasteiger partial charge >= 0.3 is 5.97 Å². The topological polar surface area (TPSA) is 63.3 Å². The zero-order valence-corrected chi connectivity index (χ0v) is 8.83. The van der Waals surface area contributed by atoms with Gasteiger partial charge in [0.2, 0.25) is 0 Å². The lowest BCUT2D eigenvalue weighted by Gasteiger charge is -2.18. The van der Waals surface area contributed by atoms with Crippen LogP contribution in [0.1, 0.15) is 12.8 Å². The lowest BCUT2D eigenvalue weighted by molar-refractivity contribution is -0.141. The van der Waals surface area contributed by atoms with Gasteiger partial charge in [0.15, 0.2) is 0 Å². The van der Waals surface area contributed by atoms with Gasteiger partial charge in [-0.05, 0) is 12.1 Å². The summed E-state index contributed by atoms with van der Waals surface area (Å²) >= 11 is 0. The molecular weight excluding hydrogens is 182 g/mol. The second kappa shape index (κ2) is 3.10. The highest BCUT2D eigenvalue weighted by Gasteiger charge is 2.49. The molecule has 2 fully saturated rings. The van der Waals surface area contributed by atoms with Gasteiger partial charge in [0.05, 0.1) is 14.0 Å². The minimum atomic E-state index is -1.16. The number of rotatable bonds is 1. The smallest absolute Gasteiger partial charge is 0.307 e. The zero-order chi connectivity index (χ0) is 9.47. The first-order valence-electron chi connectivity index (χ1n) is 5.11. The maximum absolute atomic E-state index is 10.9. The maximum Gasteiger partial charge on any atom is 0.307 e. The number of carboxylic acids is 1. The Hall–Kier alpha value is -0.353. The number of hydrogen-bond acceptors (Lipinski definition) is 2. The van der Waals surface area contributed by atoms with Crippen LogP contribution >= 0.6 is 0 Å². The van der Waals surface area contributed by atoms with E-state index in [-0.39, 0.29) is 12.0 Å². The fourth-order valence-corrected chi connectivity index (χ4v) is 9.08. The molecule has 3 nitrogen and oxygen atoms in total. The van der Waals surface area contributed by atoms with Gasteiger partial charge in [0.1, 0.15) is 0 Å². The quantitative estimate of drug-likeness (QED) is 0.625. The fraction of sp³-hybridized carbons (Fsp3) is 0.889. The highest BCUT2D eigenvalue weighted by atomic mass is 28.3. The van der Waals surface area contributed by atoms with E-state index in [1.54, 1.807) is 0 Å². The van der Waals surface area contributed by atoms with Crippen molar-refractivity contribution in [3.05, 3.63) is 0 Å². The van der Waals surface area contributed by atoms with E-state index in [0.717, 1.165) is 12.1 Å². The van der Waals surface area contributed by atoms with Crippen molar-refractivity contribution in [3.63, 3.8) is 0 Å². The summed E-state index contributed by atoms with van der Waals surface area (Å²) in [6.07, 6.45) is 2.65. The van der Waals surface area contributed by atoms with Crippen molar-refractivity contribution in [2.24, 2.45) is 11.7 Å². The van der Waals surface area contributed by atoms with Crippen molar-refractivity contribution in [2.45, 2.75) is 43.1 Å². The molecule has 0 radical (unpaired) electrons. The number of carbonyl (C=O) groups is 1. The van der Waals surface area contributed by atoms with Gasteiger partial charge in [0, 0.05) is 6.04 Å². The van der Waals surface area contributed by atoms with E-state index in [1.807, 2.05) is 0 Å². The molecule has 2 atom stereocenters. The first kappa shape index (κ1) is 9.21. The lowest BCUT2D eigenvalue weighted by atomic mass is 10.1. The standard InChI is InChI=1S/C9H17NO2Si/c10-8-6-13(3-1-2-4-13)5-7(8)9(11)12/h7-8H,1-6,10H2,(H,11,12)/t7-,8-/m0/s1. The molecule has 2 aliphatic heterocycles. The van der Waals surface area contributed by atoms with E-state index < -0.39 is 14.0 Å². The van der Waals surface area contributed by atoms with Gasteiger partial charge in [-0.25, -0.2) is 0 Å². The van der Waals surface area contributed by atoms with Crippen LogP contribution in [0.2, 0.25) is 24.2 Å². The molecule has 2 rings (SSSR count). The third-order valence-corrected chi connectivity index (χ3v) is 9.29. The van der Waals surface area contributed by atoms with Crippen LogP contribution in [0, 0.1) is 5.92 Å². The second-order valence-electron chi connectivity index (χ2n) is 4.72. The van der Waals surface area contributed by atoms with E-state index in [1.165, 1.54) is 24.9 Å². The minimum absolute atomic E-state index is 0.0396. The molecule has 0 amide bonds. The molecule has 0 bridgehead atoms. The third-order valence-electron chi connectivity index (χ3n) is 3.82. The van der Waals surface area contributed by atoms with E-state index in [0.29, 0.717) is 0 Å². The summed E-state index contributed by atoms with van der Waals surface area (Å²) in [5.74, 6) is -0.881. The Morgan fingerprint density at radius 2 is 1.92 bits per heavy atom. The van der Waals surface area contributed by atoms with Crippen molar-refractivity contribution >= 4 is 14.0 Å². The van der Waals surface area contributed by atoms with E-state index in [2.05, 4.69) is 0 Å². The monoisotopic (exact) mass is 199 g/mol. The molecule has 2 heterocycles. The Morgan fingerprint density at radius 3 is 2.38 bits per heavy atom. The van der Waals surface area contributed by atoms with Gasteiger partial charge in [-0.3, -0.25) is 4.79 Å². The molecule has 4 heteroatoms. The lowest BCUT2D eigenvalue weighted by Crippen LogP contribution is -2.30. The molecule has 0 aliphatic carbocycles. The maximum atomic E-state index is 10.9. The minimum Gasteiger partial charge on any atom is -0.481 e. The highest BCUT2D eigenvalue weighted by molar-refractivity contribution is 6.81. The Labute approximate surface area is 79.3 Å². The molecule has 2 saturated heterocycles. The molecule has 3 N–H and O–H groups in total. The molecule has 1 spiro atoms. The molecule has 0 aromatic rings. The van der Waals surface area contributed by atoms with Gasteiger partial charge in [-0.1, -0.05) is 24.9 Å². The molecule has 0 saturated carbocycles. The van der Waals surface area contributed by atoms with Crippen LogP contribution < -0.4 is 5.73 Å². The number of nitrogens with two attached hydrogens (primary N) is 1. The summed E-state index contributed by atoms with van der Waals surface area (Å²) in [4.78, 5) is 10.9. The molecular formula is C9H17NO2Si. The summed E-state index contributed by atoms with van der Waals surface area (Å²) in [5, 5.41) is 8.97. The van der Waals surface area contributed by atoms with Crippen molar-refractivity contribution < 1.29 is 9.90 Å². The number of aliphatic carboxylic acids is 1. The average Bonchev–Trinajstić information content (AvgIpc) is 2.60. The Bertz CT molecular complexity index is 226. The van der Waals surface area contributed by atoms with Crippen molar-refractivity contribution in [1.29, 1.82) is 0 Å². The molecule has 0 aromatic carbocycles. The summed E-state index contributed by atoms with van der Waals surface area (Å²) in [5.41, 5.74) is 5.89. The summed E-state index contributed by atoms with van der Waals surface area (Å²) < 4.78 is 0. The van der Waals surface area contributed by atoms with Crippen LogP contribution in [0.3, 0.4) is 0 Å². The van der Waals surface area contributed by atoms with E-state index >= 15 is 0 Å². The largest absolute Gasteiger partial charge is 0.481 e.